The van der Waals surface area contributed by atoms with Crippen LogP contribution in [-0.2, 0) is 19.1 Å². The van der Waals surface area contributed by atoms with Gasteiger partial charge in [-0.1, -0.05) is 0 Å². The zero-order valence-electron chi connectivity index (χ0n) is 8.80. The average molecular weight is 242 g/mol. The second-order valence-corrected chi connectivity index (χ2v) is 2.94. The van der Waals surface area contributed by atoms with Crippen molar-refractivity contribution in [3.8, 4) is 0 Å². The fraction of sp³-hybridized carbons (Fsp3) is 0.778. The summed E-state index contributed by atoms with van der Waals surface area (Å²) >= 11 is 0. The van der Waals surface area contributed by atoms with Gasteiger partial charge in [-0.3, -0.25) is 9.59 Å². The quantitative estimate of drug-likeness (QED) is 0.385. The molecule has 0 spiro atoms. The lowest BCUT2D eigenvalue weighted by Gasteiger charge is -2.06. The number of alkyl halides is 3. The molecule has 0 saturated heterocycles. The van der Waals surface area contributed by atoms with Crippen LogP contribution in [0.5, 0.6) is 0 Å². The van der Waals surface area contributed by atoms with E-state index in [-0.39, 0.29) is 6.61 Å². The molecule has 0 unspecified atom stereocenters. The van der Waals surface area contributed by atoms with Crippen LogP contribution in [-0.4, -0.2) is 37.7 Å². The first-order chi connectivity index (χ1) is 7.35. The van der Waals surface area contributed by atoms with E-state index in [1.807, 2.05) is 0 Å². The van der Waals surface area contributed by atoms with Crippen LogP contribution in [0.25, 0.3) is 0 Å². The maximum atomic E-state index is 11.7. The first-order valence-electron chi connectivity index (χ1n) is 4.67. The van der Waals surface area contributed by atoms with Crippen LogP contribution < -0.4 is 0 Å². The smallest absolute Gasteiger partial charge is 0.391 e. The molecule has 0 N–H and O–H groups in total. The van der Waals surface area contributed by atoms with Crippen molar-refractivity contribution in [2.24, 2.45) is 0 Å². The standard InChI is InChI=1S/C9H13F3O4/c1-2-16-8(14)5-7(13)6-15-4-3-9(10,11)12/h2-6H2,1H3. The highest BCUT2D eigenvalue weighted by atomic mass is 19.4. The Labute approximate surface area is 90.7 Å². The zero-order chi connectivity index (χ0) is 12.6. The van der Waals surface area contributed by atoms with E-state index in [1.54, 1.807) is 6.92 Å². The van der Waals surface area contributed by atoms with Gasteiger partial charge in [0, 0.05) is 0 Å². The van der Waals surface area contributed by atoms with Crippen molar-refractivity contribution in [1.29, 1.82) is 0 Å². The van der Waals surface area contributed by atoms with Gasteiger partial charge in [-0.15, -0.1) is 0 Å². The van der Waals surface area contributed by atoms with Crippen LogP contribution in [0.15, 0.2) is 0 Å². The summed E-state index contributed by atoms with van der Waals surface area (Å²) in [6.45, 7) is 0.649. The van der Waals surface area contributed by atoms with Gasteiger partial charge in [-0.05, 0) is 6.92 Å². The molecule has 0 bridgehead atoms. The van der Waals surface area contributed by atoms with E-state index < -0.39 is 44.0 Å². The SMILES string of the molecule is CCOC(=O)CC(=O)COCCC(F)(F)F. The minimum Gasteiger partial charge on any atom is -0.466 e. The number of halogens is 3. The summed E-state index contributed by atoms with van der Waals surface area (Å²) in [5.74, 6) is -1.30. The highest BCUT2D eigenvalue weighted by molar-refractivity contribution is 5.96. The third kappa shape index (κ3) is 9.45. The molecule has 0 aromatic heterocycles. The highest BCUT2D eigenvalue weighted by Gasteiger charge is 2.26. The van der Waals surface area contributed by atoms with Crippen LogP contribution in [0.3, 0.4) is 0 Å². The number of carbonyl (C=O) groups is 2. The van der Waals surface area contributed by atoms with E-state index in [0.717, 1.165) is 0 Å². The van der Waals surface area contributed by atoms with Gasteiger partial charge in [0.25, 0.3) is 0 Å². The zero-order valence-corrected chi connectivity index (χ0v) is 8.80. The number of esters is 1. The number of hydrogen-bond acceptors (Lipinski definition) is 4. The number of ketones is 1. The molecule has 0 rings (SSSR count). The van der Waals surface area contributed by atoms with E-state index in [4.69, 9.17) is 0 Å². The number of carbonyl (C=O) groups excluding carboxylic acids is 2. The molecule has 0 aromatic carbocycles. The average Bonchev–Trinajstić information content (AvgIpc) is 2.11. The van der Waals surface area contributed by atoms with Crippen LogP contribution in [0, 0.1) is 0 Å². The van der Waals surface area contributed by atoms with Crippen LogP contribution in [0.4, 0.5) is 13.2 Å². The van der Waals surface area contributed by atoms with Crippen molar-refractivity contribution < 1.29 is 32.2 Å². The molecule has 0 fully saturated rings. The van der Waals surface area contributed by atoms with E-state index >= 15 is 0 Å². The number of ether oxygens (including phenoxy) is 2. The van der Waals surface area contributed by atoms with Gasteiger partial charge in [0.2, 0.25) is 0 Å². The summed E-state index contributed by atoms with van der Waals surface area (Å²) in [4.78, 5) is 21.7. The fourth-order valence-electron chi connectivity index (χ4n) is 0.798. The topological polar surface area (TPSA) is 52.6 Å². The molecule has 0 radical (unpaired) electrons. The minimum absolute atomic E-state index is 0.154. The predicted octanol–water partition coefficient (Wildman–Crippen LogP) is 1.48. The Balaban J connectivity index is 3.55. The van der Waals surface area contributed by atoms with Crippen molar-refractivity contribution in [2.45, 2.75) is 25.9 Å². The summed E-state index contributed by atoms with van der Waals surface area (Å²) < 4.78 is 43.9. The molecule has 0 aliphatic rings. The molecule has 4 nitrogen and oxygen atoms in total. The third-order valence-corrected chi connectivity index (χ3v) is 1.44. The molecular weight excluding hydrogens is 229 g/mol. The summed E-state index contributed by atoms with van der Waals surface area (Å²) in [5.41, 5.74) is 0. The minimum atomic E-state index is -4.30. The van der Waals surface area contributed by atoms with E-state index in [2.05, 4.69) is 9.47 Å². The fourth-order valence-corrected chi connectivity index (χ4v) is 0.798. The number of Topliss-reactive ketones (excluding diaryl/α,β-unsaturated/α-hetero) is 1. The largest absolute Gasteiger partial charge is 0.466 e. The Hall–Kier alpha value is -1.11. The Morgan fingerprint density at radius 1 is 1.25 bits per heavy atom. The first-order valence-corrected chi connectivity index (χ1v) is 4.67. The van der Waals surface area contributed by atoms with Crippen molar-refractivity contribution in [3.63, 3.8) is 0 Å². The lowest BCUT2D eigenvalue weighted by Crippen LogP contribution is -2.18. The molecule has 0 aliphatic heterocycles. The van der Waals surface area contributed by atoms with Crippen molar-refractivity contribution in [1.82, 2.24) is 0 Å². The monoisotopic (exact) mass is 242 g/mol. The first kappa shape index (κ1) is 14.9. The predicted molar refractivity (Wildman–Crippen MR) is 47.7 cm³/mol. The molecule has 0 saturated carbocycles. The second-order valence-electron chi connectivity index (χ2n) is 2.94. The molecule has 0 heterocycles. The third-order valence-electron chi connectivity index (χ3n) is 1.44. The van der Waals surface area contributed by atoms with Crippen molar-refractivity contribution in [3.05, 3.63) is 0 Å². The Morgan fingerprint density at radius 3 is 2.38 bits per heavy atom. The molecule has 0 amide bonds. The Kier molecular flexibility index (Phi) is 6.71. The molecule has 16 heavy (non-hydrogen) atoms. The molecule has 0 atom stereocenters. The van der Waals surface area contributed by atoms with Gasteiger partial charge in [-0.2, -0.15) is 13.2 Å². The Bertz CT molecular complexity index is 237. The van der Waals surface area contributed by atoms with Crippen LogP contribution in [0.1, 0.15) is 19.8 Å². The van der Waals surface area contributed by atoms with Gasteiger partial charge >= 0.3 is 12.1 Å². The van der Waals surface area contributed by atoms with E-state index in [0.29, 0.717) is 0 Å². The summed E-state index contributed by atoms with van der Waals surface area (Å²) in [6, 6.07) is 0. The lowest BCUT2D eigenvalue weighted by atomic mass is 10.3. The highest BCUT2D eigenvalue weighted by Crippen LogP contribution is 2.18. The molecule has 0 aliphatic carbocycles. The Morgan fingerprint density at radius 2 is 1.88 bits per heavy atom. The summed E-state index contributed by atoms with van der Waals surface area (Å²) in [7, 11) is 0. The molecule has 7 heteroatoms. The van der Waals surface area contributed by atoms with E-state index in [1.165, 1.54) is 0 Å². The van der Waals surface area contributed by atoms with Gasteiger partial charge in [0.1, 0.15) is 13.0 Å². The molecular formula is C9H13F3O4. The lowest BCUT2D eigenvalue weighted by molar-refractivity contribution is -0.152. The van der Waals surface area contributed by atoms with Gasteiger partial charge in [-0.25, -0.2) is 0 Å². The number of rotatable bonds is 7. The van der Waals surface area contributed by atoms with Crippen molar-refractivity contribution in [2.75, 3.05) is 19.8 Å². The van der Waals surface area contributed by atoms with Gasteiger partial charge in [0.05, 0.1) is 19.6 Å². The van der Waals surface area contributed by atoms with Gasteiger partial charge in [0.15, 0.2) is 5.78 Å². The molecule has 0 aromatic rings. The second kappa shape index (κ2) is 7.21. The van der Waals surface area contributed by atoms with Crippen LogP contribution in [0.2, 0.25) is 0 Å². The summed E-state index contributed by atoms with van der Waals surface area (Å²) in [5, 5.41) is 0. The molecule has 94 valence electrons. The number of hydrogen-bond donors (Lipinski definition) is 0. The maximum absolute atomic E-state index is 11.7. The maximum Gasteiger partial charge on any atom is 0.391 e. The van der Waals surface area contributed by atoms with Crippen LogP contribution >= 0.6 is 0 Å². The van der Waals surface area contributed by atoms with Gasteiger partial charge < -0.3 is 9.47 Å². The van der Waals surface area contributed by atoms with E-state index in [9.17, 15) is 22.8 Å². The summed E-state index contributed by atoms with van der Waals surface area (Å²) in [6.07, 6.45) is -5.89. The normalized spacial score (nSPS) is 11.2. The van der Waals surface area contributed by atoms with Crippen molar-refractivity contribution >= 4 is 11.8 Å².